The number of hydrogen-bond acceptors (Lipinski definition) is 4. The Morgan fingerprint density at radius 2 is 2.26 bits per heavy atom. The average Bonchev–Trinajstić information content (AvgIpc) is 3.17. The molecule has 0 saturated carbocycles. The molecule has 1 saturated heterocycles. The van der Waals surface area contributed by atoms with Crippen molar-refractivity contribution in [1.29, 1.82) is 0 Å². The Morgan fingerprint density at radius 3 is 3.05 bits per heavy atom. The molecule has 19 heavy (non-hydrogen) atoms. The van der Waals surface area contributed by atoms with E-state index in [1.54, 1.807) is 12.5 Å². The molecule has 0 N–H and O–H groups in total. The van der Waals surface area contributed by atoms with Gasteiger partial charge in [-0.05, 0) is 24.6 Å². The summed E-state index contributed by atoms with van der Waals surface area (Å²) >= 11 is 0. The molecule has 5 nitrogen and oxygen atoms in total. The molecule has 4 heterocycles. The van der Waals surface area contributed by atoms with E-state index in [4.69, 9.17) is 14.1 Å². The van der Waals surface area contributed by atoms with Gasteiger partial charge in [-0.25, -0.2) is 14.5 Å². The predicted molar refractivity (Wildman–Crippen MR) is 69.3 cm³/mol. The smallest absolute Gasteiger partial charge is 0.206 e. The first-order valence-electron chi connectivity index (χ1n) is 6.38. The highest BCUT2D eigenvalue weighted by atomic mass is 16.5. The van der Waals surface area contributed by atoms with Crippen LogP contribution < -0.4 is 0 Å². The summed E-state index contributed by atoms with van der Waals surface area (Å²) in [5, 5.41) is 0. The van der Waals surface area contributed by atoms with Gasteiger partial charge in [-0.2, -0.15) is 0 Å². The van der Waals surface area contributed by atoms with Crippen molar-refractivity contribution in [3.05, 3.63) is 42.5 Å². The molecule has 0 aliphatic carbocycles. The molecule has 1 aliphatic rings. The standard InChI is InChI=1S/C14H13N3O2/c1-3-11-14(15-6-1)17(12-4-2-7-19-12)13(16-11)10-5-8-18-9-10/h1-4,6-7,10H,5,8-9H2. The van der Waals surface area contributed by atoms with Gasteiger partial charge in [0.15, 0.2) is 5.65 Å². The fourth-order valence-electron chi connectivity index (χ4n) is 2.56. The predicted octanol–water partition coefficient (Wildman–Crippen LogP) is 2.52. The number of rotatable bonds is 2. The minimum atomic E-state index is 0.305. The van der Waals surface area contributed by atoms with Gasteiger partial charge in [-0.1, -0.05) is 0 Å². The molecule has 3 aromatic heterocycles. The van der Waals surface area contributed by atoms with Crippen molar-refractivity contribution in [3.8, 4) is 5.88 Å². The molecule has 0 radical (unpaired) electrons. The van der Waals surface area contributed by atoms with Gasteiger partial charge in [0.2, 0.25) is 5.88 Å². The van der Waals surface area contributed by atoms with Gasteiger partial charge in [0.05, 0.1) is 12.9 Å². The van der Waals surface area contributed by atoms with Crippen LogP contribution in [0.1, 0.15) is 18.2 Å². The number of pyridine rings is 1. The number of fused-ring (bicyclic) bond motifs is 1. The van der Waals surface area contributed by atoms with Crippen LogP contribution in [0, 0.1) is 0 Å². The average molecular weight is 255 g/mol. The van der Waals surface area contributed by atoms with Crippen LogP contribution in [0.2, 0.25) is 0 Å². The highest BCUT2D eigenvalue weighted by Gasteiger charge is 2.26. The van der Waals surface area contributed by atoms with Gasteiger partial charge in [0.25, 0.3) is 0 Å². The maximum Gasteiger partial charge on any atom is 0.206 e. The zero-order valence-electron chi connectivity index (χ0n) is 10.3. The molecular formula is C14H13N3O2. The van der Waals surface area contributed by atoms with Crippen LogP contribution in [0.15, 0.2) is 41.1 Å². The molecule has 1 fully saturated rings. The van der Waals surface area contributed by atoms with Gasteiger partial charge in [0.1, 0.15) is 11.3 Å². The Morgan fingerprint density at radius 1 is 1.26 bits per heavy atom. The Labute approximate surface area is 109 Å². The van der Waals surface area contributed by atoms with Crippen LogP contribution in [0.25, 0.3) is 17.0 Å². The minimum Gasteiger partial charge on any atom is -0.448 e. The van der Waals surface area contributed by atoms with Crippen LogP contribution in [0.3, 0.4) is 0 Å². The SMILES string of the molecule is c1coc(-n2c(C3CCOC3)nc3cccnc32)c1. The van der Waals surface area contributed by atoms with Gasteiger partial charge >= 0.3 is 0 Å². The first-order valence-corrected chi connectivity index (χ1v) is 6.38. The van der Waals surface area contributed by atoms with Crippen LogP contribution in [-0.2, 0) is 4.74 Å². The number of furan rings is 1. The van der Waals surface area contributed by atoms with E-state index in [2.05, 4.69) is 4.98 Å². The van der Waals surface area contributed by atoms with E-state index in [9.17, 15) is 0 Å². The second-order valence-corrected chi connectivity index (χ2v) is 4.66. The fraction of sp³-hybridized carbons (Fsp3) is 0.286. The lowest BCUT2D eigenvalue weighted by molar-refractivity contribution is 0.193. The highest BCUT2D eigenvalue weighted by Crippen LogP contribution is 2.29. The van der Waals surface area contributed by atoms with E-state index in [1.165, 1.54) is 0 Å². The third-order valence-corrected chi connectivity index (χ3v) is 3.46. The maximum absolute atomic E-state index is 5.53. The highest BCUT2D eigenvalue weighted by molar-refractivity contribution is 5.73. The summed E-state index contributed by atoms with van der Waals surface area (Å²) in [4.78, 5) is 9.14. The van der Waals surface area contributed by atoms with E-state index < -0.39 is 0 Å². The molecule has 1 atom stereocenters. The molecule has 96 valence electrons. The molecule has 0 amide bonds. The zero-order valence-corrected chi connectivity index (χ0v) is 10.3. The second-order valence-electron chi connectivity index (χ2n) is 4.66. The van der Waals surface area contributed by atoms with Crippen molar-refractivity contribution < 1.29 is 9.15 Å². The van der Waals surface area contributed by atoms with Gasteiger partial charge in [-0.15, -0.1) is 0 Å². The molecule has 1 aliphatic heterocycles. The van der Waals surface area contributed by atoms with Crippen molar-refractivity contribution in [2.45, 2.75) is 12.3 Å². The van der Waals surface area contributed by atoms with E-state index in [1.807, 2.05) is 28.8 Å². The quantitative estimate of drug-likeness (QED) is 0.706. The second kappa shape index (κ2) is 4.20. The first kappa shape index (κ1) is 10.8. The molecule has 5 heteroatoms. The lowest BCUT2D eigenvalue weighted by Crippen LogP contribution is -2.07. The van der Waals surface area contributed by atoms with Crippen LogP contribution in [-0.4, -0.2) is 27.7 Å². The molecule has 4 rings (SSSR count). The Bertz CT molecular complexity index is 697. The topological polar surface area (TPSA) is 53.1 Å². The van der Waals surface area contributed by atoms with E-state index >= 15 is 0 Å². The maximum atomic E-state index is 5.53. The lowest BCUT2D eigenvalue weighted by atomic mass is 10.1. The normalized spacial score (nSPS) is 19.3. The Balaban J connectivity index is 1.98. The number of nitrogens with zero attached hydrogens (tertiary/aromatic N) is 3. The van der Waals surface area contributed by atoms with Crippen LogP contribution in [0.4, 0.5) is 0 Å². The summed E-state index contributed by atoms with van der Waals surface area (Å²) in [6.45, 7) is 1.50. The van der Waals surface area contributed by atoms with E-state index in [0.29, 0.717) is 12.5 Å². The van der Waals surface area contributed by atoms with E-state index in [0.717, 1.165) is 35.9 Å². The molecule has 0 bridgehead atoms. The van der Waals surface area contributed by atoms with Crippen molar-refractivity contribution >= 4 is 11.2 Å². The number of imidazole rings is 1. The van der Waals surface area contributed by atoms with Gasteiger partial charge in [0, 0.05) is 24.8 Å². The summed E-state index contributed by atoms with van der Waals surface area (Å²) in [6.07, 6.45) is 4.43. The monoisotopic (exact) mass is 255 g/mol. The summed E-state index contributed by atoms with van der Waals surface area (Å²) in [5.41, 5.74) is 1.72. The third-order valence-electron chi connectivity index (χ3n) is 3.46. The van der Waals surface area contributed by atoms with Crippen LogP contribution >= 0.6 is 0 Å². The molecule has 0 aromatic carbocycles. The molecule has 3 aromatic rings. The molecule has 1 unspecified atom stereocenters. The summed E-state index contributed by atoms with van der Waals surface area (Å²) in [7, 11) is 0. The number of ether oxygens (including phenoxy) is 1. The summed E-state index contributed by atoms with van der Waals surface area (Å²) < 4.78 is 13.0. The third kappa shape index (κ3) is 1.66. The summed E-state index contributed by atoms with van der Waals surface area (Å²) in [6, 6.07) is 7.67. The Hall–Kier alpha value is -2.14. The molecule has 0 spiro atoms. The lowest BCUT2D eigenvalue weighted by Gasteiger charge is -2.09. The zero-order chi connectivity index (χ0) is 12.7. The summed E-state index contributed by atoms with van der Waals surface area (Å²) in [5.74, 6) is 2.03. The van der Waals surface area contributed by atoms with E-state index in [-0.39, 0.29) is 0 Å². The number of hydrogen-bond donors (Lipinski definition) is 0. The fourth-order valence-corrected chi connectivity index (χ4v) is 2.56. The van der Waals surface area contributed by atoms with Crippen molar-refractivity contribution in [2.75, 3.05) is 13.2 Å². The van der Waals surface area contributed by atoms with Crippen LogP contribution in [0.5, 0.6) is 0 Å². The molecular weight excluding hydrogens is 242 g/mol. The van der Waals surface area contributed by atoms with Crippen molar-refractivity contribution in [2.24, 2.45) is 0 Å². The van der Waals surface area contributed by atoms with Crippen molar-refractivity contribution in [1.82, 2.24) is 14.5 Å². The van der Waals surface area contributed by atoms with Crippen molar-refractivity contribution in [3.63, 3.8) is 0 Å². The largest absolute Gasteiger partial charge is 0.448 e. The first-order chi connectivity index (χ1) is 9.43. The number of aromatic nitrogens is 3. The minimum absolute atomic E-state index is 0.305. The van der Waals surface area contributed by atoms with Gasteiger partial charge in [-0.3, -0.25) is 0 Å². The van der Waals surface area contributed by atoms with Gasteiger partial charge < -0.3 is 9.15 Å². The Kier molecular flexibility index (Phi) is 2.38.